The Morgan fingerprint density at radius 1 is 1.09 bits per heavy atom. The number of rotatable bonds is 16. The molecule has 0 fully saturated rings. The van der Waals surface area contributed by atoms with E-state index in [1.165, 1.54) is 24.3 Å². The molecule has 4 atom stereocenters. The van der Waals surface area contributed by atoms with Crippen LogP contribution in [0.4, 0.5) is 0 Å². The summed E-state index contributed by atoms with van der Waals surface area (Å²) in [5.41, 5.74) is 11.7. The van der Waals surface area contributed by atoms with E-state index in [2.05, 4.69) is 38.5 Å². The van der Waals surface area contributed by atoms with E-state index in [0.717, 1.165) is 0 Å². The van der Waals surface area contributed by atoms with Gasteiger partial charge >= 0.3 is 5.97 Å². The van der Waals surface area contributed by atoms with Crippen LogP contribution in [0, 0.1) is 0 Å². The molecule has 0 aliphatic rings. The third kappa shape index (κ3) is 10.4. The summed E-state index contributed by atoms with van der Waals surface area (Å²) in [4.78, 5) is 67.2. The second kappa shape index (κ2) is 15.2. The molecule has 1 heterocycles. The fraction of sp³-hybridized carbons (Fsp3) is 0.579. The van der Waals surface area contributed by atoms with Crippen molar-refractivity contribution in [3.05, 3.63) is 18.2 Å². The lowest BCUT2D eigenvalue weighted by molar-refractivity contribution is -0.142. The minimum Gasteiger partial charge on any atom is -0.480 e. The Kier molecular flexibility index (Phi) is 13.1. The first kappa shape index (κ1) is 29.3. The van der Waals surface area contributed by atoms with Crippen LogP contribution in [-0.4, -0.2) is 86.6 Å². The zero-order chi connectivity index (χ0) is 25.7. The van der Waals surface area contributed by atoms with E-state index in [-0.39, 0.29) is 31.4 Å². The number of carboxylic acids is 1. The van der Waals surface area contributed by atoms with E-state index in [1.807, 2.05) is 0 Å². The second-order valence-electron chi connectivity index (χ2n) is 7.38. The maximum atomic E-state index is 12.8. The van der Waals surface area contributed by atoms with Gasteiger partial charge in [0, 0.05) is 30.5 Å². The molecule has 190 valence electrons. The molecule has 1 rings (SSSR count). The highest BCUT2D eigenvalue weighted by atomic mass is 32.2. The largest absolute Gasteiger partial charge is 0.480 e. The molecule has 13 nitrogen and oxygen atoms in total. The number of thioether (sulfide) groups is 1. The van der Waals surface area contributed by atoms with E-state index in [0.29, 0.717) is 11.4 Å². The predicted molar refractivity (Wildman–Crippen MR) is 129 cm³/mol. The van der Waals surface area contributed by atoms with Gasteiger partial charge in [-0.2, -0.15) is 24.4 Å². The Hall–Kier alpha value is -2.78. The number of aromatic nitrogens is 2. The van der Waals surface area contributed by atoms with E-state index in [1.54, 1.807) is 6.26 Å². The fourth-order valence-electron chi connectivity index (χ4n) is 2.79. The molecule has 0 aliphatic carbocycles. The van der Waals surface area contributed by atoms with Gasteiger partial charge in [0.25, 0.3) is 0 Å². The first-order chi connectivity index (χ1) is 16.1. The Morgan fingerprint density at radius 2 is 1.71 bits per heavy atom. The lowest BCUT2D eigenvalue weighted by Gasteiger charge is -2.24. The summed E-state index contributed by atoms with van der Waals surface area (Å²) in [6, 6.07) is -4.54. The highest BCUT2D eigenvalue weighted by molar-refractivity contribution is 7.98. The van der Waals surface area contributed by atoms with Crippen molar-refractivity contribution in [2.45, 2.75) is 49.9 Å². The first-order valence-corrected chi connectivity index (χ1v) is 12.4. The van der Waals surface area contributed by atoms with Gasteiger partial charge < -0.3 is 37.5 Å². The summed E-state index contributed by atoms with van der Waals surface area (Å²) in [5, 5.41) is 16.6. The number of nitrogens with zero attached hydrogens (tertiary/aromatic N) is 1. The third-order valence-corrected chi connectivity index (χ3v) is 5.69. The van der Waals surface area contributed by atoms with Gasteiger partial charge in [0.05, 0.1) is 12.4 Å². The maximum absolute atomic E-state index is 12.8. The first-order valence-electron chi connectivity index (χ1n) is 10.3. The van der Waals surface area contributed by atoms with Crippen molar-refractivity contribution in [2.75, 3.05) is 17.8 Å². The van der Waals surface area contributed by atoms with Crippen LogP contribution in [0.3, 0.4) is 0 Å². The number of H-pyrrole nitrogens is 1. The van der Waals surface area contributed by atoms with Crippen LogP contribution in [0.1, 0.15) is 25.0 Å². The Morgan fingerprint density at radius 3 is 2.24 bits per heavy atom. The lowest BCUT2D eigenvalue weighted by atomic mass is 10.1. The SMILES string of the molecule is CSCCC(NC(=O)C(CCC(N)=O)NC(=O)C(CS)NC(=O)C(N)Cc1cnc[nH]1)C(=O)O. The number of amides is 4. The van der Waals surface area contributed by atoms with E-state index in [4.69, 9.17) is 11.5 Å². The molecule has 34 heavy (non-hydrogen) atoms. The van der Waals surface area contributed by atoms with Crippen LogP contribution in [-0.2, 0) is 30.4 Å². The number of hydrogen-bond donors (Lipinski definition) is 8. The van der Waals surface area contributed by atoms with Gasteiger partial charge in [0.15, 0.2) is 0 Å². The zero-order valence-corrected chi connectivity index (χ0v) is 20.4. The van der Waals surface area contributed by atoms with Gasteiger partial charge in [-0.3, -0.25) is 19.2 Å². The molecule has 0 radical (unpaired) electrons. The molecular weight excluding hydrogens is 486 g/mol. The van der Waals surface area contributed by atoms with Crippen LogP contribution < -0.4 is 27.4 Å². The normalized spacial score (nSPS) is 14.3. The summed E-state index contributed by atoms with van der Waals surface area (Å²) in [6.07, 6.45) is 4.69. The van der Waals surface area contributed by atoms with Crippen molar-refractivity contribution in [3.63, 3.8) is 0 Å². The summed E-state index contributed by atoms with van der Waals surface area (Å²) < 4.78 is 0. The Labute approximate surface area is 206 Å². The fourth-order valence-corrected chi connectivity index (χ4v) is 3.52. The number of carboxylic acid groups (broad SMARTS) is 1. The zero-order valence-electron chi connectivity index (χ0n) is 18.7. The smallest absolute Gasteiger partial charge is 0.326 e. The average Bonchev–Trinajstić information content (AvgIpc) is 3.29. The minimum atomic E-state index is -1.26. The summed E-state index contributed by atoms with van der Waals surface area (Å²) >= 11 is 5.49. The number of aromatic amines is 1. The molecule has 4 unspecified atom stereocenters. The molecule has 9 N–H and O–H groups in total. The second-order valence-corrected chi connectivity index (χ2v) is 8.73. The van der Waals surface area contributed by atoms with Gasteiger partial charge in [-0.1, -0.05) is 0 Å². The number of nitrogens with two attached hydrogens (primary N) is 2. The van der Waals surface area contributed by atoms with Gasteiger partial charge in [0.1, 0.15) is 18.1 Å². The van der Waals surface area contributed by atoms with E-state index in [9.17, 15) is 29.1 Å². The van der Waals surface area contributed by atoms with E-state index < -0.39 is 53.8 Å². The molecule has 15 heteroatoms. The van der Waals surface area contributed by atoms with Crippen molar-refractivity contribution < 1.29 is 29.1 Å². The topological polar surface area (TPSA) is 222 Å². The van der Waals surface area contributed by atoms with Crippen LogP contribution >= 0.6 is 24.4 Å². The minimum absolute atomic E-state index is 0.107. The van der Waals surface area contributed by atoms with Crippen LogP contribution in [0.2, 0.25) is 0 Å². The predicted octanol–water partition coefficient (Wildman–Crippen LogP) is -2.23. The van der Waals surface area contributed by atoms with Crippen LogP contribution in [0.25, 0.3) is 0 Å². The Bertz CT molecular complexity index is 839. The number of imidazole rings is 1. The quantitative estimate of drug-likeness (QED) is 0.111. The van der Waals surface area contributed by atoms with Crippen molar-refractivity contribution in [1.29, 1.82) is 0 Å². The van der Waals surface area contributed by atoms with Gasteiger partial charge in [0.2, 0.25) is 23.6 Å². The highest BCUT2D eigenvalue weighted by Crippen LogP contribution is 2.05. The van der Waals surface area contributed by atoms with Crippen molar-refractivity contribution in [1.82, 2.24) is 25.9 Å². The van der Waals surface area contributed by atoms with Crippen LogP contribution in [0.15, 0.2) is 12.5 Å². The molecule has 1 aromatic heterocycles. The summed E-state index contributed by atoms with van der Waals surface area (Å²) in [7, 11) is 0. The summed E-state index contributed by atoms with van der Waals surface area (Å²) in [5.74, 6) is -3.71. The molecule has 0 aromatic carbocycles. The van der Waals surface area contributed by atoms with Crippen molar-refractivity contribution >= 4 is 54.0 Å². The molecule has 0 aliphatic heterocycles. The molecule has 0 spiro atoms. The van der Waals surface area contributed by atoms with Gasteiger partial charge in [-0.15, -0.1) is 0 Å². The number of thiol groups is 1. The standard InChI is InChI=1S/C19H31N7O6S2/c1-34-5-4-13(19(31)32)25-17(29)12(2-3-15(21)27)24-18(30)14(8-33)26-16(28)11(20)6-10-7-22-9-23-10/h7,9,11-14,33H,2-6,8,20H2,1H3,(H2,21,27)(H,22,23)(H,24,30)(H,25,29)(H,26,28)(H,31,32). The number of primary amides is 1. The number of nitrogens with one attached hydrogen (secondary N) is 4. The highest BCUT2D eigenvalue weighted by Gasteiger charge is 2.30. The monoisotopic (exact) mass is 517 g/mol. The van der Waals surface area contributed by atoms with Crippen LogP contribution in [0.5, 0.6) is 0 Å². The average molecular weight is 518 g/mol. The molecule has 0 saturated heterocycles. The van der Waals surface area contributed by atoms with Crippen molar-refractivity contribution in [2.24, 2.45) is 11.5 Å². The van der Waals surface area contributed by atoms with Gasteiger partial charge in [-0.05, 0) is 24.9 Å². The number of hydrogen-bond acceptors (Lipinski definition) is 9. The third-order valence-electron chi connectivity index (χ3n) is 4.68. The number of carbonyl (C=O) groups is 5. The molecule has 0 bridgehead atoms. The summed E-state index contributed by atoms with van der Waals surface area (Å²) in [6.45, 7) is 0. The molecular formula is C19H31N7O6S2. The van der Waals surface area contributed by atoms with Crippen molar-refractivity contribution in [3.8, 4) is 0 Å². The molecule has 1 aromatic rings. The van der Waals surface area contributed by atoms with Gasteiger partial charge in [-0.25, -0.2) is 9.78 Å². The van der Waals surface area contributed by atoms with E-state index >= 15 is 0 Å². The molecule has 4 amide bonds. The Balaban J connectivity index is 2.83. The lowest BCUT2D eigenvalue weighted by Crippen LogP contribution is -2.58. The molecule has 0 saturated carbocycles. The number of carbonyl (C=O) groups excluding carboxylic acids is 4. The maximum Gasteiger partial charge on any atom is 0.326 e. The number of aliphatic carboxylic acids is 1.